The van der Waals surface area contributed by atoms with Crippen LogP contribution < -0.4 is 10.1 Å². The van der Waals surface area contributed by atoms with E-state index in [1.807, 2.05) is 32.6 Å². The van der Waals surface area contributed by atoms with Gasteiger partial charge in [-0.2, -0.15) is 0 Å². The predicted molar refractivity (Wildman–Crippen MR) is 146 cm³/mol. The maximum absolute atomic E-state index is 13.9. The number of nitrogens with zero attached hydrogens (tertiary/aromatic N) is 1. The fourth-order valence-corrected chi connectivity index (χ4v) is 5.45. The third kappa shape index (κ3) is 5.61. The molecule has 0 aliphatic carbocycles. The molecule has 0 spiro atoms. The van der Waals surface area contributed by atoms with Gasteiger partial charge in [0.15, 0.2) is 0 Å². The van der Waals surface area contributed by atoms with Crippen molar-refractivity contribution >= 4 is 28.8 Å². The molecular weight excluding hydrogens is 468 g/mol. The zero-order chi connectivity index (χ0) is 26.8. The minimum Gasteiger partial charge on any atom is -0.496 e. The highest BCUT2D eigenvalue weighted by Crippen LogP contribution is 2.41. The molecule has 1 fully saturated rings. The first-order valence-electron chi connectivity index (χ1n) is 13.2. The van der Waals surface area contributed by atoms with E-state index in [2.05, 4.69) is 47.8 Å². The number of alkyl carbamates (subject to hydrolysis) is 1. The quantitative estimate of drug-likeness (QED) is 0.567. The van der Waals surface area contributed by atoms with Gasteiger partial charge in [-0.15, -0.1) is 0 Å². The van der Waals surface area contributed by atoms with Crippen LogP contribution in [0.3, 0.4) is 0 Å². The first-order valence-corrected chi connectivity index (χ1v) is 13.2. The Morgan fingerprint density at radius 1 is 1.08 bits per heavy atom. The van der Waals surface area contributed by atoms with Gasteiger partial charge in [-0.05, 0) is 66.1 Å². The number of cyclic esters (lactones) is 1. The number of carbonyl (C=O) groups is 2. The molecule has 2 aromatic rings. The van der Waals surface area contributed by atoms with Crippen LogP contribution >= 0.6 is 0 Å². The van der Waals surface area contributed by atoms with Crippen molar-refractivity contribution in [2.75, 3.05) is 27.4 Å². The molecule has 2 aliphatic rings. The molecule has 0 saturated carbocycles. The molecule has 2 aliphatic heterocycles. The second kappa shape index (κ2) is 10.7. The summed E-state index contributed by atoms with van der Waals surface area (Å²) in [6.45, 7) is 8.61. The number of fused-ring (bicyclic) bond motifs is 5. The lowest BCUT2D eigenvalue weighted by Gasteiger charge is -2.35. The van der Waals surface area contributed by atoms with Crippen LogP contribution in [0, 0.1) is 5.41 Å². The second-order valence-electron chi connectivity index (χ2n) is 11.4. The van der Waals surface area contributed by atoms with Crippen LogP contribution in [0.1, 0.15) is 64.5 Å². The van der Waals surface area contributed by atoms with Gasteiger partial charge in [-0.3, -0.25) is 4.79 Å². The Balaban J connectivity index is 1.78. The van der Waals surface area contributed by atoms with Gasteiger partial charge >= 0.3 is 6.09 Å². The van der Waals surface area contributed by atoms with E-state index < -0.39 is 23.2 Å². The third-order valence-corrected chi connectivity index (χ3v) is 7.64. The Bertz CT molecular complexity index is 1180. The molecule has 2 aromatic carbocycles. The van der Waals surface area contributed by atoms with E-state index in [1.165, 1.54) is 0 Å². The van der Waals surface area contributed by atoms with Gasteiger partial charge in [0.25, 0.3) is 0 Å². The van der Waals surface area contributed by atoms with Crippen LogP contribution in [0.4, 0.5) is 4.79 Å². The Kier molecular flexibility index (Phi) is 7.83. The van der Waals surface area contributed by atoms with Gasteiger partial charge in [0, 0.05) is 25.1 Å². The van der Waals surface area contributed by atoms with Crippen LogP contribution in [0.25, 0.3) is 16.8 Å². The number of amides is 2. The van der Waals surface area contributed by atoms with Crippen LogP contribution in [-0.4, -0.2) is 56.4 Å². The Hall–Kier alpha value is -3.06. The molecule has 5 bridgehead atoms. The first kappa shape index (κ1) is 27.0. The molecule has 200 valence electrons. The molecule has 2 heterocycles. The molecule has 2 amide bonds. The minimum absolute atomic E-state index is 0.0641. The van der Waals surface area contributed by atoms with Crippen molar-refractivity contribution in [1.29, 1.82) is 0 Å². The number of allylic oxidation sites excluding steroid dienone is 1. The molecule has 7 nitrogen and oxygen atoms in total. The van der Waals surface area contributed by atoms with Gasteiger partial charge in [-0.25, -0.2) is 4.79 Å². The van der Waals surface area contributed by atoms with E-state index in [4.69, 9.17) is 14.2 Å². The summed E-state index contributed by atoms with van der Waals surface area (Å²) in [5.74, 6) is 0.703. The zero-order valence-electron chi connectivity index (χ0n) is 22.9. The Morgan fingerprint density at radius 2 is 1.86 bits per heavy atom. The number of hydrogen-bond acceptors (Lipinski definition) is 5. The number of nitrogens with one attached hydrogen (secondary N) is 1. The van der Waals surface area contributed by atoms with E-state index in [1.54, 1.807) is 14.2 Å². The fourth-order valence-electron chi connectivity index (χ4n) is 5.45. The van der Waals surface area contributed by atoms with Crippen molar-refractivity contribution in [1.82, 2.24) is 10.2 Å². The maximum atomic E-state index is 13.9. The summed E-state index contributed by atoms with van der Waals surface area (Å²) in [5.41, 5.74) is 0.903. The minimum atomic E-state index is -0.716. The summed E-state index contributed by atoms with van der Waals surface area (Å²) in [6.07, 6.45) is 6.79. The molecule has 0 aromatic heterocycles. The average Bonchev–Trinajstić information content (AvgIpc) is 3.21. The van der Waals surface area contributed by atoms with Crippen molar-refractivity contribution in [3.63, 3.8) is 0 Å². The molecule has 4 rings (SSSR count). The van der Waals surface area contributed by atoms with Gasteiger partial charge < -0.3 is 24.4 Å². The molecule has 3 atom stereocenters. The summed E-state index contributed by atoms with van der Waals surface area (Å²) in [5, 5.41) is 5.04. The molecule has 37 heavy (non-hydrogen) atoms. The fraction of sp³-hybridized carbons (Fsp3) is 0.533. The van der Waals surface area contributed by atoms with Crippen molar-refractivity contribution < 1.29 is 23.8 Å². The van der Waals surface area contributed by atoms with Gasteiger partial charge in [0.1, 0.15) is 17.4 Å². The number of rotatable bonds is 2. The summed E-state index contributed by atoms with van der Waals surface area (Å²) in [4.78, 5) is 28.3. The molecule has 0 radical (unpaired) electrons. The third-order valence-electron chi connectivity index (χ3n) is 7.64. The van der Waals surface area contributed by atoms with Crippen molar-refractivity contribution in [2.45, 2.75) is 71.1 Å². The molecule has 7 heteroatoms. The molecule has 1 N–H and O–H groups in total. The molecular formula is C30H40N2O5. The second-order valence-corrected chi connectivity index (χ2v) is 11.4. The Labute approximate surface area is 220 Å². The van der Waals surface area contributed by atoms with Gasteiger partial charge in [-0.1, -0.05) is 45.1 Å². The van der Waals surface area contributed by atoms with E-state index in [9.17, 15) is 9.59 Å². The van der Waals surface area contributed by atoms with Crippen molar-refractivity contribution in [3.05, 3.63) is 47.5 Å². The number of benzene rings is 2. The lowest BCUT2D eigenvalue weighted by Crippen LogP contribution is -2.56. The molecule has 0 unspecified atom stereocenters. The van der Waals surface area contributed by atoms with Gasteiger partial charge in [0.05, 0.1) is 20.3 Å². The first-order chi connectivity index (χ1) is 17.6. The largest absolute Gasteiger partial charge is 0.496 e. The average molecular weight is 509 g/mol. The van der Waals surface area contributed by atoms with E-state index in [0.29, 0.717) is 19.6 Å². The maximum Gasteiger partial charge on any atom is 0.407 e. The van der Waals surface area contributed by atoms with Crippen LogP contribution in [0.5, 0.6) is 5.75 Å². The smallest absolute Gasteiger partial charge is 0.407 e. The SMILES string of the molecule is COc1cc2ccc3cc2cc1/C=C/CCCCOC(=O)N[C@@H](C(C)(C)C)C(=O)N1C[C@@]3(OC)C[C@H]1C. The molecule has 1 saturated heterocycles. The monoisotopic (exact) mass is 508 g/mol. The van der Waals surface area contributed by atoms with Gasteiger partial charge in [0.2, 0.25) is 5.91 Å². The highest BCUT2D eigenvalue weighted by molar-refractivity contribution is 5.89. The lowest BCUT2D eigenvalue weighted by molar-refractivity contribution is -0.137. The van der Waals surface area contributed by atoms with Crippen LogP contribution in [0.2, 0.25) is 0 Å². The summed E-state index contributed by atoms with van der Waals surface area (Å²) in [7, 11) is 3.40. The topological polar surface area (TPSA) is 77.1 Å². The van der Waals surface area contributed by atoms with Crippen molar-refractivity contribution in [3.8, 4) is 5.75 Å². The van der Waals surface area contributed by atoms with Crippen LogP contribution in [0.15, 0.2) is 36.4 Å². The normalized spacial score (nSPS) is 26.4. The number of ether oxygens (including phenoxy) is 3. The summed E-state index contributed by atoms with van der Waals surface area (Å²) >= 11 is 0. The van der Waals surface area contributed by atoms with Crippen molar-refractivity contribution in [2.24, 2.45) is 5.41 Å². The number of carbonyl (C=O) groups excluding carboxylic acids is 2. The number of methoxy groups -OCH3 is 2. The van der Waals surface area contributed by atoms with E-state index in [-0.39, 0.29) is 11.9 Å². The lowest BCUT2D eigenvalue weighted by atomic mass is 9.85. The Morgan fingerprint density at radius 3 is 2.57 bits per heavy atom. The summed E-state index contributed by atoms with van der Waals surface area (Å²) < 4.78 is 17.3. The highest BCUT2D eigenvalue weighted by Gasteiger charge is 2.48. The zero-order valence-corrected chi connectivity index (χ0v) is 22.9. The predicted octanol–water partition coefficient (Wildman–Crippen LogP) is 5.65. The van der Waals surface area contributed by atoms with E-state index >= 15 is 0 Å². The number of hydrogen-bond donors (Lipinski definition) is 1. The van der Waals surface area contributed by atoms with Crippen LogP contribution in [-0.2, 0) is 19.9 Å². The van der Waals surface area contributed by atoms with E-state index in [0.717, 1.165) is 46.9 Å². The standard InChI is InChI=1S/C30H40N2O5/c1-20-18-30(36-6)19-32(20)27(33)26(29(2,3)4)31-28(34)37-14-10-8-7-9-11-22-15-23-16-24(30)13-12-21(23)17-25(22)35-5/h9,11-13,15-17,20,26H,7-8,10,14,18-19H2,1-6H3,(H,31,34)/b11-9+/t20-,26-,30+/m1/s1. The highest BCUT2D eigenvalue weighted by atomic mass is 16.5. The summed E-state index contributed by atoms with van der Waals surface area (Å²) in [6, 6.07) is 9.77.